The summed E-state index contributed by atoms with van der Waals surface area (Å²) in [6, 6.07) is 12.8. The van der Waals surface area contributed by atoms with E-state index in [1.807, 2.05) is 13.2 Å². The molecule has 1 N–H and O–H groups in total. The Labute approximate surface area is 109 Å². The number of pyridine rings is 1. The van der Waals surface area contributed by atoms with E-state index in [-0.39, 0.29) is 0 Å². The molecule has 0 aliphatic heterocycles. The zero-order chi connectivity index (χ0) is 12.8. The first-order valence-electron chi connectivity index (χ1n) is 6.48. The lowest BCUT2D eigenvalue weighted by atomic mass is 10.0. The highest BCUT2D eigenvalue weighted by molar-refractivity contribution is 5.31. The largest absolute Gasteiger partial charge is 0.316 e. The fourth-order valence-corrected chi connectivity index (χ4v) is 2.06. The van der Waals surface area contributed by atoms with Gasteiger partial charge >= 0.3 is 0 Å². The van der Waals surface area contributed by atoms with Gasteiger partial charge in [-0.15, -0.1) is 0 Å². The van der Waals surface area contributed by atoms with Gasteiger partial charge in [0.15, 0.2) is 0 Å². The molecule has 0 unspecified atom stereocenters. The summed E-state index contributed by atoms with van der Waals surface area (Å²) in [4.78, 5) is 4.53. The minimum atomic E-state index is 0.905. The van der Waals surface area contributed by atoms with Crippen molar-refractivity contribution in [1.82, 2.24) is 10.3 Å². The fraction of sp³-hybridized carbons (Fsp3) is 0.312. The standard InChI is InChI=1S/C16H20N2/c1-3-13-8-9-16(18-11-13)10-14-6-4-5-7-15(14)12-17-2/h4-9,11,17H,3,10,12H2,1-2H3. The van der Waals surface area contributed by atoms with Crippen LogP contribution >= 0.6 is 0 Å². The summed E-state index contributed by atoms with van der Waals surface area (Å²) < 4.78 is 0. The minimum Gasteiger partial charge on any atom is -0.316 e. The van der Waals surface area contributed by atoms with Crippen molar-refractivity contribution in [3.63, 3.8) is 0 Å². The zero-order valence-corrected chi connectivity index (χ0v) is 11.1. The maximum atomic E-state index is 4.53. The predicted octanol–water partition coefficient (Wildman–Crippen LogP) is 2.95. The Morgan fingerprint density at radius 1 is 1.06 bits per heavy atom. The molecular formula is C16H20N2. The van der Waals surface area contributed by atoms with Gasteiger partial charge < -0.3 is 5.32 Å². The zero-order valence-electron chi connectivity index (χ0n) is 11.1. The number of hydrogen-bond acceptors (Lipinski definition) is 2. The van der Waals surface area contributed by atoms with E-state index in [4.69, 9.17) is 0 Å². The van der Waals surface area contributed by atoms with Crippen molar-refractivity contribution in [3.8, 4) is 0 Å². The van der Waals surface area contributed by atoms with E-state index in [0.29, 0.717) is 0 Å². The molecule has 0 spiro atoms. The van der Waals surface area contributed by atoms with Gasteiger partial charge in [0, 0.05) is 24.9 Å². The van der Waals surface area contributed by atoms with Crippen molar-refractivity contribution < 1.29 is 0 Å². The molecule has 0 radical (unpaired) electrons. The highest BCUT2D eigenvalue weighted by Crippen LogP contribution is 2.13. The van der Waals surface area contributed by atoms with Gasteiger partial charge in [0.05, 0.1) is 0 Å². The number of hydrogen-bond donors (Lipinski definition) is 1. The van der Waals surface area contributed by atoms with Crippen LogP contribution in [0, 0.1) is 0 Å². The van der Waals surface area contributed by atoms with Crippen LogP contribution in [0.3, 0.4) is 0 Å². The van der Waals surface area contributed by atoms with Gasteiger partial charge in [0.2, 0.25) is 0 Å². The van der Waals surface area contributed by atoms with Gasteiger partial charge in [-0.3, -0.25) is 4.98 Å². The summed E-state index contributed by atoms with van der Waals surface area (Å²) in [5, 5.41) is 3.21. The number of rotatable bonds is 5. The van der Waals surface area contributed by atoms with Crippen LogP contribution in [0.4, 0.5) is 0 Å². The Kier molecular flexibility index (Phi) is 4.48. The summed E-state index contributed by atoms with van der Waals surface area (Å²) in [7, 11) is 1.98. The third-order valence-corrected chi connectivity index (χ3v) is 3.15. The number of nitrogens with zero attached hydrogens (tertiary/aromatic N) is 1. The molecule has 1 aromatic heterocycles. The second kappa shape index (κ2) is 6.31. The highest BCUT2D eigenvalue weighted by Gasteiger charge is 2.03. The molecule has 18 heavy (non-hydrogen) atoms. The molecule has 2 nitrogen and oxygen atoms in total. The predicted molar refractivity (Wildman–Crippen MR) is 75.6 cm³/mol. The topological polar surface area (TPSA) is 24.9 Å². The maximum Gasteiger partial charge on any atom is 0.0447 e. The molecule has 1 heterocycles. The van der Waals surface area contributed by atoms with Crippen molar-refractivity contribution in [2.45, 2.75) is 26.3 Å². The van der Waals surface area contributed by atoms with E-state index in [1.165, 1.54) is 16.7 Å². The van der Waals surface area contributed by atoms with E-state index < -0.39 is 0 Å². The van der Waals surface area contributed by atoms with E-state index in [2.05, 4.69) is 53.6 Å². The van der Waals surface area contributed by atoms with Crippen LogP contribution in [0.1, 0.15) is 29.3 Å². The third-order valence-electron chi connectivity index (χ3n) is 3.15. The van der Waals surface area contributed by atoms with Crippen molar-refractivity contribution >= 4 is 0 Å². The van der Waals surface area contributed by atoms with Crippen LogP contribution in [-0.2, 0) is 19.4 Å². The first kappa shape index (κ1) is 12.8. The summed E-state index contributed by atoms with van der Waals surface area (Å²) in [6.07, 6.45) is 3.93. The molecule has 0 fully saturated rings. The number of aromatic nitrogens is 1. The first-order chi connectivity index (χ1) is 8.83. The smallest absolute Gasteiger partial charge is 0.0447 e. The lowest BCUT2D eigenvalue weighted by Crippen LogP contribution is -2.08. The fourth-order valence-electron chi connectivity index (χ4n) is 2.06. The lowest BCUT2D eigenvalue weighted by Gasteiger charge is -2.09. The SMILES string of the molecule is CCc1ccc(Cc2ccccc2CNC)nc1. The monoisotopic (exact) mass is 240 g/mol. The van der Waals surface area contributed by atoms with Crippen LogP contribution in [0.15, 0.2) is 42.6 Å². The first-order valence-corrected chi connectivity index (χ1v) is 6.48. The van der Waals surface area contributed by atoms with Gasteiger partial charge in [0.1, 0.15) is 0 Å². The van der Waals surface area contributed by atoms with Gasteiger partial charge in [-0.05, 0) is 36.2 Å². The Hall–Kier alpha value is -1.67. The molecule has 0 saturated heterocycles. The molecule has 1 aromatic carbocycles. The van der Waals surface area contributed by atoms with Crippen LogP contribution < -0.4 is 5.32 Å². The second-order valence-electron chi connectivity index (χ2n) is 4.49. The molecule has 2 rings (SSSR count). The van der Waals surface area contributed by atoms with Gasteiger partial charge in [-0.1, -0.05) is 37.3 Å². The number of aryl methyl sites for hydroxylation is 1. The second-order valence-corrected chi connectivity index (χ2v) is 4.49. The molecule has 0 atom stereocenters. The Morgan fingerprint density at radius 3 is 2.44 bits per heavy atom. The molecule has 94 valence electrons. The molecular weight excluding hydrogens is 220 g/mol. The number of benzene rings is 1. The molecule has 0 aliphatic carbocycles. The van der Waals surface area contributed by atoms with Crippen molar-refractivity contribution in [1.29, 1.82) is 0 Å². The summed E-state index contributed by atoms with van der Waals surface area (Å²) >= 11 is 0. The molecule has 0 saturated carbocycles. The van der Waals surface area contributed by atoms with Gasteiger partial charge in [0.25, 0.3) is 0 Å². The Bertz CT molecular complexity index is 489. The van der Waals surface area contributed by atoms with Gasteiger partial charge in [-0.25, -0.2) is 0 Å². The summed E-state index contributed by atoms with van der Waals surface area (Å²) in [6.45, 7) is 3.06. The summed E-state index contributed by atoms with van der Waals surface area (Å²) in [5.41, 5.74) is 5.13. The average Bonchev–Trinajstić information content (AvgIpc) is 2.42. The molecule has 2 aromatic rings. The minimum absolute atomic E-state index is 0.905. The van der Waals surface area contributed by atoms with E-state index in [1.54, 1.807) is 0 Å². The van der Waals surface area contributed by atoms with Gasteiger partial charge in [-0.2, -0.15) is 0 Å². The Morgan fingerprint density at radius 2 is 1.83 bits per heavy atom. The highest BCUT2D eigenvalue weighted by atomic mass is 14.8. The normalized spacial score (nSPS) is 10.6. The Balaban J connectivity index is 2.17. The molecule has 0 amide bonds. The average molecular weight is 240 g/mol. The van der Waals surface area contributed by atoms with Crippen LogP contribution in [0.5, 0.6) is 0 Å². The lowest BCUT2D eigenvalue weighted by molar-refractivity contribution is 0.806. The van der Waals surface area contributed by atoms with Crippen LogP contribution in [-0.4, -0.2) is 12.0 Å². The van der Waals surface area contributed by atoms with Crippen molar-refractivity contribution in [2.75, 3.05) is 7.05 Å². The van der Waals surface area contributed by atoms with E-state index >= 15 is 0 Å². The number of nitrogens with one attached hydrogen (secondary N) is 1. The van der Waals surface area contributed by atoms with Crippen molar-refractivity contribution in [3.05, 3.63) is 65.0 Å². The summed E-state index contributed by atoms with van der Waals surface area (Å²) in [5.74, 6) is 0. The molecule has 2 heteroatoms. The van der Waals surface area contributed by atoms with E-state index in [0.717, 1.165) is 25.1 Å². The van der Waals surface area contributed by atoms with Crippen LogP contribution in [0.2, 0.25) is 0 Å². The quantitative estimate of drug-likeness (QED) is 0.869. The van der Waals surface area contributed by atoms with E-state index in [9.17, 15) is 0 Å². The van der Waals surface area contributed by atoms with Crippen molar-refractivity contribution in [2.24, 2.45) is 0 Å². The third kappa shape index (κ3) is 3.17. The molecule has 0 aliphatic rings. The van der Waals surface area contributed by atoms with Crippen LogP contribution in [0.25, 0.3) is 0 Å². The molecule has 0 bridgehead atoms. The maximum absolute atomic E-state index is 4.53.